The molecule has 3 atom stereocenters. The maximum absolute atomic E-state index is 5.60. The summed E-state index contributed by atoms with van der Waals surface area (Å²) in [6.45, 7) is 6.08. The molecule has 0 unspecified atom stereocenters. The molecular formula is C17H28N6O. The smallest absolute Gasteiger partial charge is 0.233 e. The highest BCUT2D eigenvalue weighted by atomic mass is 16.4. The zero-order chi connectivity index (χ0) is 17.3. The molecule has 0 spiro atoms. The van der Waals surface area contributed by atoms with Gasteiger partial charge in [0.25, 0.3) is 0 Å². The van der Waals surface area contributed by atoms with Crippen molar-refractivity contribution in [3.8, 4) is 0 Å². The third-order valence-corrected chi connectivity index (χ3v) is 5.16. The summed E-state index contributed by atoms with van der Waals surface area (Å²) in [6, 6.07) is 0.527. The number of aromatic nitrogens is 4. The first kappa shape index (κ1) is 17.1. The van der Waals surface area contributed by atoms with E-state index in [1.165, 1.54) is 18.4 Å². The van der Waals surface area contributed by atoms with Crippen LogP contribution < -0.4 is 0 Å². The van der Waals surface area contributed by atoms with E-state index < -0.39 is 0 Å². The second kappa shape index (κ2) is 7.03. The molecule has 2 aromatic heterocycles. The molecule has 1 saturated heterocycles. The van der Waals surface area contributed by atoms with E-state index in [0.717, 1.165) is 13.1 Å². The first-order valence-corrected chi connectivity index (χ1v) is 8.64. The molecule has 0 aliphatic carbocycles. The molecule has 0 saturated carbocycles. The van der Waals surface area contributed by atoms with Gasteiger partial charge >= 0.3 is 0 Å². The summed E-state index contributed by atoms with van der Waals surface area (Å²) in [5.74, 6) is 1.87. The van der Waals surface area contributed by atoms with Crippen LogP contribution in [0.15, 0.2) is 16.8 Å². The molecule has 0 amide bonds. The highest BCUT2D eigenvalue weighted by Crippen LogP contribution is 2.36. The van der Waals surface area contributed by atoms with Crippen molar-refractivity contribution in [2.45, 2.75) is 38.8 Å². The number of nitrogens with zero attached hydrogens (tertiary/aromatic N) is 6. The van der Waals surface area contributed by atoms with Crippen molar-refractivity contribution < 1.29 is 4.42 Å². The van der Waals surface area contributed by atoms with E-state index in [-0.39, 0.29) is 6.04 Å². The summed E-state index contributed by atoms with van der Waals surface area (Å²) in [5.41, 5.74) is 1.30. The van der Waals surface area contributed by atoms with Crippen LogP contribution in [0.1, 0.15) is 49.2 Å². The van der Waals surface area contributed by atoms with E-state index in [2.05, 4.69) is 52.3 Å². The molecule has 3 rings (SSSR count). The number of piperidine rings is 1. The predicted molar refractivity (Wildman–Crippen MR) is 91.4 cm³/mol. The van der Waals surface area contributed by atoms with Gasteiger partial charge in [0, 0.05) is 38.3 Å². The molecular weight excluding hydrogens is 304 g/mol. The Labute approximate surface area is 143 Å². The van der Waals surface area contributed by atoms with Crippen LogP contribution in [0, 0.1) is 12.8 Å². The van der Waals surface area contributed by atoms with Crippen molar-refractivity contribution in [1.82, 2.24) is 29.8 Å². The van der Waals surface area contributed by atoms with E-state index in [0.29, 0.717) is 23.7 Å². The summed E-state index contributed by atoms with van der Waals surface area (Å²) >= 11 is 0. The van der Waals surface area contributed by atoms with Gasteiger partial charge in [-0.2, -0.15) is 5.10 Å². The third kappa shape index (κ3) is 3.52. The summed E-state index contributed by atoms with van der Waals surface area (Å²) in [4.78, 5) is 4.78. The fourth-order valence-electron chi connectivity index (χ4n) is 3.77. The topological polar surface area (TPSA) is 63.2 Å². The predicted octanol–water partition coefficient (Wildman–Crippen LogP) is 2.19. The lowest BCUT2D eigenvalue weighted by atomic mass is 9.85. The quantitative estimate of drug-likeness (QED) is 0.836. The van der Waals surface area contributed by atoms with Crippen LogP contribution in [-0.2, 0) is 7.05 Å². The van der Waals surface area contributed by atoms with E-state index in [9.17, 15) is 0 Å². The molecule has 1 fully saturated rings. The fourth-order valence-corrected chi connectivity index (χ4v) is 3.77. The van der Waals surface area contributed by atoms with Crippen LogP contribution in [-0.4, -0.2) is 57.0 Å². The lowest BCUT2D eigenvalue weighted by molar-refractivity contribution is 0.0795. The number of likely N-dealkylation sites (tertiary alicyclic amines) is 1. The van der Waals surface area contributed by atoms with Crippen LogP contribution in [0.4, 0.5) is 0 Å². The normalized spacial score (nSPS) is 23.8. The van der Waals surface area contributed by atoms with Gasteiger partial charge in [-0.3, -0.25) is 14.5 Å². The molecule has 2 aromatic rings. The van der Waals surface area contributed by atoms with Gasteiger partial charge < -0.3 is 4.42 Å². The lowest BCUT2D eigenvalue weighted by Crippen LogP contribution is -2.41. The second-order valence-corrected chi connectivity index (χ2v) is 7.05. The zero-order valence-electron chi connectivity index (χ0n) is 15.3. The Morgan fingerprint density at radius 1 is 1.38 bits per heavy atom. The molecule has 132 valence electrons. The standard InChI is InChI=1S/C17H28N6O/c1-12(17-20-19-13(2)24-17)22(4)10-14-7-6-8-21(3)16(14)15-9-18-23(5)11-15/h9,11-12,14,16H,6-8,10H2,1-5H3/t12-,14+,16-/m1/s1. The molecule has 7 nitrogen and oxygen atoms in total. The summed E-state index contributed by atoms with van der Waals surface area (Å²) in [7, 11) is 6.33. The largest absolute Gasteiger partial charge is 0.424 e. The Hall–Kier alpha value is -1.73. The van der Waals surface area contributed by atoms with Crippen molar-refractivity contribution in [3.63, 3.8) is 0 Å². The summed E-state index contributed by atoms with van der Waals surface area (Å²) < 4.78 is 7.50. The summed E-state index contributed by atoms with van der Waals surface area (Å²) in [6.07, 6.45) is 6.61. The molecule has 1 aliphatic rings. The number of hydrogen-bond acceptors (Lipinski definition) is 6. The van der Waals surface area contributed by atoms with Crippen molar-refractivity contribution >= 4 is 0 Å². The molecule has 3 heterocycles. The summed E-state index contributed by atoms with van der Waals surface area (Å²) in [5, 5.41) is 12.5. The van der Waals surface area contributed by atoms with Crippen LogP contribution in [0.2, 0.25) is 0 Å². The first-order valence-electron chi connectivity index (χ1n) is 8.64. The average molecular weight is 332 g/mol. The molecule has 0 N–H and O–H groups in total. The van der Waals surface area contributed by atoms with Crippen LogP contribution >= 0.6 is 0 Å². The lowest BCUT2D eigenvalue weighted by Gasteiger charge is -2.41. The number of rotatable bonds is 5. The van der Waals surface area contributed by atoms with Gasteiger partial charge in [-0.25, -0.2) is 0 Å². The Kier molecular flexibility index (Phi) is 5.01. The number of aryl methyl sites for hydroxylation is 2. The van der Waals surface area contributed by atoms with Crippen molar-refractivity contribution in [1.29, 1.82) is 0 Å². The Bertz CT molecular complexity index is 666. The van der Waals surface area contributed by atoms with Gasteiger partial charge in [0.1, 0.15) is 0 Å². The third-order valence-electron chi connectivity index (χ3n) is 5.16. The van der Waals surface area contributed by atoms with Crippen LogP contribution in [0.5, 0.6) is 0 Å². The van der Waals surface area contributed by atoms with Gasteiger partial charge in [0.2, 0.25) is 11.8 Å². The minimum Gasteiger partial charge on any atom is -0.424 e. The van der Waals surface area contributed by atoms with E-state index in [1.807, 2.05) is 24.9 Å². The van der Waals surface area contributed by atoms with Crippen LogP contribution in [0.25, 0.3) is 0 Å². The van der Waals surface area contributed by atoms with E-state index in [4.69, 9.17) is 4.42 Å². The average Bonchev–Trinajstić information content (AvgIpc) is 3.15. The van der Waals surface area contributed by atoms with Gasteiger partial charge in [-0.15, -0.1) is 10.2 Å². The zero-order valence-corrected chi connectivity index (χ0v) is 15.3. The van der Waals surface area contributed by atoms with Crippen molar-refractivity contribution in [2.24, 2.45) is 13.0 Å². The molecule has 7 heteroatoms. The highest BCUT2D eigenvalue weighted by Gasteiger charge is 2.33. The minimum absolute atomic E-state index is 0.119. The van der Waals surface area contributed by atoms with Crippen molar-refractivity contribution in [3.05, 3.63) is 29.7 Å². The Balaban J connectivity index is 1.73. The maximum atomic E-state index is 5.60. The molecule has 0 aromatic carbocycles. The fraction of sp³-hybridized carbons (Fsp3) is 0.706. The monoisotopic (exact) mass is 332 g/mol. The Morgan fingerprint density at radius 2 is 2.17 bits per heavy atom. The van der Waals surface area contributed by atoms with Crippen molar-refractivity contribution in [2.75, 3.05) is 27.2 Å². The maximum Gasteiger partial charge on any atom is 0.233 e. The first-order chi connectivity index (χ1) is 11.5. The van der Waals surface area contributed by atoms with E-state index in [1.54, 1.807) is 0 Å². The van der Waals surface area contributed by atoms with Gasteiger partial charge in [0.15, 0.2) is 0 Å². The Morgan fingerprint density at radius 3 is 2.79 bits per heavy atom. The van der Waals surface area contributed by atoms with Crippen LogP contribution in [0.3, 0.4) is 0 Å². The van der Waals surface area contributed by atoms with Gasteiger partial charge in [-0.05, 0) is 46.3 Å². The van der Waals surface area contributed by atoms with Gasteiger partial charge in [0.05, 0.1) is 12.2 Å². The molecule has 0 bridgehead atoms. The molecule has 0 radical (unpaired) electrons. The highest BCUT2D eigenvalue weighted by molar-refractivity contribution is 5.13. The molecule has 24 heavy (non-hydrogen) atoms. The SMILES string of the molecule is Cc1nnc([C@@H](C)N(C)C[C@@H]2CCCN(C)[C@H]2c2cnn(C)c2)o1. The second-order valence-electron chi connectivity index (χ2n) is 7.05. The van der Waals surface area contributed by atoms with E-state index >= 15 is 0 Å². The minimum atomic E-state index is 0.119. The van der Waals surface area contributed by atoms with Gasteiger partial charge in [-0.1, -0.05) is 0 Å². The number of hydrogen-bond donors (Lipinski definition) is 0. The molecule has 1 aliphatic heterocycles.